The van der Waals surface area contributed by atoms with Crippen molar-refractivity contribution >= 4 is 16.8 Å². The fourth-order valence-electron chi connectivity index (χ4n) is 3.41. The van der Waals surface area contributed by atoms with Crippen molar-refractivity contribution in [2.24, 2.45) is 0 Å². The van der Waals surface area contributed by atoms with Crippen LogP contribution in [0.4, 0.5) is 0 Å². The van der Waals surface area contributed by atoms with Crippen molar-refractivity contribution in [3.8, 4) is 11.5 Å². The number of likely N-dealkylation sites (N-methyl/N-ethyl adjacent to an activating group) is 1. The number of amides is 1. The standard InChI is InChI=1S/C24H31N3O3/c1-5-27(6-2)11-12-30-22-10-8-18(14-23(22)29-4)16-25-24(28)21-15-19-9-7-17(3)13-20(19)26-21/h7-10,13-15,26H,5-6,11-12,16H2,1-4H3,(H,25,28). The summed E-state index contributed by atoms with van der Waals surface area (Å²) >= 11 is 0. The molecule has 1 aromatic heterocycles. The number of aromatic amines is 1. The van der Waals surface area contributed by atoms with Crippen molar-refractivity contribution < 1.29 is 14.3 Å². The van der Waals surface area contributed by atoms with Crippen molar-refractivity contribution in [3.63, 3.8) is 0 Å². The number of carbonyl (C=O) groups excluding carboxylic acids is 1. The summed E-state index contributed by atoms with van der Waals surface area (Å²) in [5, 5.41) is 3.99. The second-order valence-electron chi connectivity index (χ2n) is 7.32. The van der Waals surface area contributed by atoms with E-state index < -0.39 is 0 Å². The van der Waals surface area contributed by atoms with Crippen molar-refractivity contribution in [1.82, 2.24) is 15.2 Å². The summed E-state index contributed by atoms with van der Waals surface area (Å²) in [6.45, 7) is 10.2. The Morgan fingerprint density at radius 2 is 1.87 bits per heavy atom. The maximum atomic E-state index is 12.6. The molecule has 0 saturated carbocycles. The third kappa shape index (κ3) is 5.33. The first-order valence-electron chi connectivity index (χ1n) is 10.4. The molecule has 0 fully saturated rings. The topological polar surface area (TPSA) is 66.6 Å². The van der Waals surface area contributed by atoms with Gasteiger partial charge in [0.25, 0.3) is 5.91 Å². The van der Waals surface area contributed by atoms with Gasteiger partial charge in [-0.15, -0.1) is 0 Å². The van der Waals surface area contributed by atoms with E-state index in [4.69, 9.17) is 9.47 Å². The Labute approximate surface area is 178 Å². The zero-order chi connectivity index (χ0) is 21.5. The summed E-state index contributed by atoms with van der Waals surface area (Å²) in [6, 6.07) is 13.7. The van der Waals surface area contributed by atoms with Crippen molar-refractivity contribution in [3.05, 3.63) is 59.3 Å². The largest absolute Gasteiger partial charge is 0.493 e. The Morgan fingerprint density at radius 1 is 1.07 bits per heavy atom. The number of hydrogen-bond donors (Lipinski definition) is 2. The molecule has 0 unspecified atom stereocenters. The second kappa shape index (κ2) is 10.2. The molecule has 0 aliphatic rings. The minimum Gasteiger partial charge on any atom is -0.493 e. The van der Waals surface area contributed by atoms with Crippen LogP contribution in [0.15, 0.2) is 42.5 Å². The van der Waals surface area contributed by atoms with Gasteiger partial charge in [0.2, 0.25) is 0 Å². The number of rotatable bonds is 10. The van der Waals surface area contributed by atoms with Gasteiger partial charge in [-0.05, 0) is 55.4 Å². The molecule has 0 aliphatic carbocycles. The number of nitrogens with one attached hydrogen (secondary N) is 2. The van der Waals surface area contributed by atoms with E-state index >= 15 is 0 Å². The van der Waals surface area contributed by atoms with Gasteiger partial charge in [-0.2, -0.15) is 0 Å². The lowest BCUT2D eigenvalue weighted by atomic mass is 10.2. The maximum absolute atomic E-state index is 12.6. The molecule has 0 bridgehead atoms. The van der Waals surface area contributed by atoms with Gasteiger partial charge in [-0.1, -0.05) is 32.0 Å². The molecule has 6 heteroatoms. The zero-order valence-electron chi connectivity index (χ0n) is 18.2. The average molecular weight is 410 g/mol. The van der Waals surface area contributed by atoms with Gasteiger partial charge in [-0.25, -0.2) is 0 Å². The number of methoxy groups -OCH3 is 1. The van der Waals surface area contributed by atoms with Crippen molar-refractivity contribution in [1.29, 1.82) is 0 Å². The highest BCUT2D eigenvalue weighted by Crippen LogP contribution is 2.28. The van der Waals surface area contributed by atoms with E-state index in [1.807, 2.05) is 49.4 Å². The number of H-pyrrole nitrogens is 1. The van der Waals surface area contributed by atoms with Gasteiger partial charge in [-0.3, -0.25) is 4.79 Å². The maximum Gasteiger partial charge on any atom is 0.267 e. The predicted octanol–water partition coefficient (Wildman–Crippen LogP) is 4.14. The van der Waals surface area contributed by atoms with Crippen molar-refractivity contribution in [2.75, 3.05) is 33.4 Å². The van der Waals surface area contributed by atoms with Crippen LogP contribution in [0.3, 0.4) is 0 Å². The van der Waals surface area contributed by atoms with Crippen LogP contribution in [0, 0.1) is 6.92 Å². The Balaban J connectivity index is 1.59. The molecule has 0 spiro atoms. The highest BCUT2D eigenvalue weighted by Gasteiger charge is 2.11. The molecule has 2 N–H and O–H groups in total. The first-order chi connectivity index (χ1) is 14.5. The van der Waals surface area contributed by atoms with Crippen LogP contribution in [0.5, 0.6) is 11.5 Å². The number of ether oxygens (including phenoxy) is 2. The summed E-state index contributed by atoms with van der Waals surface area (Å²) in [4.78, 5) is 18.0. The summed E-state index contributed by atoms with van der Waals surface area (Å²) in [5.41, 5.74) is 3.62. The Bertz CT molecular complexity index is 993. The molecular formula is C24H31N3O3. The van der Waals surface area contributed by atoms with E-state index in [9.17, 15) is 4.79 Å². The van der Waals surface area contributed by atoms with Crippen LogP contribution in [0.1, 0.15) is 35.5 Å². The molecule has 6 nitrogen and oxygen atoms in total. The lowest BCUT2D eigenvalue weighted by Gasteiger charge is -2.19. The lowest BCUT2D eigenvalue weighted by Crippen LogP contribution is -2.28. The number of fused-ring (bicyclic) bond motifs is 1. The fraction of sp³-hybridized carbons (Fsp3) is 0.375. The number of hydrogen-bond acceptors (Lipinski definition) is 4. The van der Waals surface area contributed by atoms with Crippen LogP contribution in [0.2, 0.25) is 0 Å². The second-order valence-corrected chi connectivity index (χ2v) is 7.32. The Hall–Kier alpha value is -2.99. The highest BCUT2D eigenvalue weighted by molar-refractivity contribution is 5.98. The molecule has 160 valence electrons. The fourth-order valence-corrected chi connectivity index (χ4v) is 3.41. The lowest BCUT2D eigenvalue weighted by molar-refractivity contribution is 0.0946. The first-order valence-corrected chi connectivity index (χ1v) is 10.4. The number of benzene rings is 2. The smallest absolute Gasteiger partial charge is 0.267 e. The highest BCUT2D eigenvalue weighted by atomic mass is 16.5. The molecule has 1 heterocycles. The minimum absolute atomic E-state index is 0.137. The quantitative estimate of drug-likeness (QED) is 0.528. The van der Waals surface area contributed by atoms with Crippen LogP contribution in [-0.2, 0) is 6.54 Å². The average Bonchev–Trinajstić information content (AvgIpc) is 3.18. The number of carbonyl (C=O) groups is 1. The Kier molecular flexibility index (Phi) is 7.36. The zero-order valence-corrected chi connectivity index (χ0v) is 18.2. The number of aromatic nitrogens is 1. The van der Waals surface area contributed by atoms with Crippen molar-refractivity contribution in [2.45, 2.75) is 27.3 Å². The first kappa shape index (κ1) is 21.7. The molecular weight excluding hydrogens is 378 g/mol. The molecule has 3 rings (SSSR count). The van der Waals surface area contributed by atoms with E-state index in [2.05, 4.69) is 29.0 Å². The minimum atomic E-state index is -0.137. The normalized spacial score (nSPS) is 11.1. The third-order valence-corrected chi connectivity index (χ3v) is 5.26. The third-order valence-electron chi connectivity index (χ3n) is 5.26. The summed E-state index contributed by atoms with van der Waals surface area (Å²) in [5.74, 6) is 1.25. The predicted molar refractivity (Wildman–Crippen MR) is 120 cm³/mol. The molecule has 0 aliphatic heterocycles. The summed E-state index contributed by atoms with van der Waals surface area (Å²) in [7, 11) is 1.63. The van der Waals surface area contributed by atoms with E-state index in [1.165, 1.54) is 0 Å². The van der Waals surface area contributed by atoms with Crippen LogP contribution < -0.4 is 14.8 Å². The number of nitrogens with zero attached hydrogens (tertiary/aromatic N) is 1. The van der Waals surface area contributed by atoms with E-state index in [1.54, 1.807) is 7.11 Å². The number of aryl methyl sites for hydroxylation is 1. The van der Waals surface area contributed by atoms with Gasteiger partial charge in [0, 0.05) is 24.0 Å². The van der Waals surface area contributed by atoms with Gasteiger partial charge >= 0.3 is 0 Å². The van der Waals surface area contributed by atoms with Crippen LogP contribution in [-0.4, -0.2) is 49.1 Å². The van der Waals surface area contributed by atoms with E-state index in [0.29, 0.717) is 30.3 Å². The van der Waals surface area contributed by atoms with Gasteiger partial charge in [0.1, 0.15) is 12.3 Å². The van der Waals surface area contributed by atoms with Crippen LogP contribution in [0.25, 0.3) is 10.9 Å². The summed E-state index contributed by atoms with van der Waals surface area (Å²) in [6.07, 6.45) is 0. The van der Waals surface area contributed by atoms with Gasteiger partial charge < -0.3 is 24.7 Å². The van der Waals surface area contributed by atoms with Gasteiger partial charge in [0.05, 0.1) is 7.11 Å². The molecule has 2 aromatic carbocycles. The van der Waals surface area contributed by atoms with Crippen LogP contribution >= 0.6 is 0 Å². The monoisotopic (exact) mass is 409 g/mol. The Morgan fingerprint density at radius 3 is 2.60 bits per heavy atom. The molecule has 1 amide bonds. The molecule has 0 atom stereocenters. The van der Waals surface area contributed by atoms with Gasteiger partial charge in [0.15, 0.2) is 11.5 Å². The van der Waals surface area contributed by atoms with E-state index in [0.717, 1.165) is 41.7 Å². The van der Waals surface area contributed by atoms with E-state index in [-0.39, 0.29) is 5.91 Å². The molecule has 0 radical (unpaired) electrons. The molecule has 0 saturated heterocycles. The SMILES string of the molecule is CCN(CC)CCOc1ccc(CNC(=O)c2cc3ccc(C)cc3[nH]2)cc1OC. The molecule has 3 aromatic rings. The molecule has 30 heavy (non-hydrogen) atoms. The summed E-state index contributed by atoms with van der Waals surface area (Å²) < 4.78 is 11.4.